The van der Waals surface area contributed by atoms with Crippen molar-refractivity contribution in [3.8, 4) is 0 Å². The molecule has 0 aromatic carbocycles. The number of ether oxygens (including phenoxy) is 1. The summed E-state index contributed by atoms with van der Waals surface area (Å²) in [6.45, 7) is 2.02. The smallest absolute Gasteiger partial charge is 0.421 e. The van der Waals surface area contributed by atoms with Crippen LogP contribution < -0.4 is 9.44 Å². The number of carbonyl (C=O) groups excluding carboxylic acids is 1. The first-order chi connectivity index (χ1) is 8.98. The Balaban J connectivity index is 2.43. The summed E-state index contributed by atoms with van der Waals surface area (Å²) in [7, 11) is -3.85. The molecule has 0 heterocycles. The van der Waals surface area contributed by atoms with E-state index in [1.165, 1.54) is 0 Å². The molecular formula is C11H21ClN2O4S. The first kappa shape index (κ1) is 16.5. The summed E-state index contributed by atoms with van der Waals surface area (Å²) in [5.41, 5.74) is 0. The quantitative estimate of drug-likeness (QED) is 0.730. The molecular weight excluding hydrogens is 292 g/mol. The Labute approximate surface area is 119 Å². The van der Waals surface area contributed by atoms with Crippen LogP contribution in [-0.2, 0) is 14.9 Å². The maximum absolute atomic E-state index is 11.6. The first-order valence-corrected chi connectivity index (χ1v) is 8.50. The molecule has 0 radical (unpaired) electrons. The second kappa shape index (κ2) is 7.91. The Kier molecular flexibility index (Phi) is 6.88. The molecule has 1 saturated carbocycles. The van der Waals surface area contributed by atoms with Gasteiger partial charge < -0.3 is 4.74 Å². The van der Waals surface area contributed by atoms with E-state index in [1.54, 1.807) is 11.6 Å². The molecule has 6 nitrogen and oxygen atoms in total. The highest BCUT2D eigenvalue weighted by Crippen LogP contribution is 2.30. The minimum atomic E-state index is -3.85. The van der Waals surface area contributed by atoms with E-state index in [2.05, 4.69) is 9.46 Å². The summed E-state index contributed by atoms with van der Waals surface area (Å²) < 4.78 is 31.9. The predicted octanol–water partition coefficient (Wildman–Crippen LogP) is 1.61. The van der Waals surface area contributed by atoms with Gasteiger partial charge in [-0.05, 0) is 31.6 Å². The molecule has 0 aliphatic heterocycles. The Hall–Kier alpha value is -0.530. The third-order valence-corrected chi connectivity index (χ3v) is 4.67. The van der Waals surface area contributed by atoms with Crippen molar-refractivity contribution in [3.05, 3.63) is 0 Å². The first-order valence-electron chi connectivity index (χ1n) is 6.48. The third kappa shape index (κ3) is 5.97. The highest BCUT2D eigenvalue weighted by molar-refractivity contribution is 7.88. The van der Waals surface area contributed by atoms with Crippen molar-refractivity contribution in [2.24, 2.45) is 11.8 Å². The largest absolute Gasteiger partial charge is 0.449 e. The van der Waals surface area contributed by atoms with E-state index in [4.69, 9.17) is 11.6 Å². The molecule has 0 spiro atoms. The number of rotatable bonds is 6. The molecule has 2 N–H and O–H groups in total. The van der Waals surface area contributed by atoms with Crippen molar-refractivity contribution in [1.29, 1.82) is 0 Å². The van der Waals surface area contributed by atoms with Crippen molar-refractivity contribution in [2.45, 2.75) is 32.6 Å². The van der Waals surface area contributed by atoms with Gasteiger partial charge in [-0.25, -0.2) is 9.52 Å². The molecule has 0 aromatic heterocycles. The highest BCUT2D eigenvalue weighted by Gasteiger charge is 2.26. The van der Waals surface area contributed by atoms with Gasteiger partial charge in [-0.1, -0.05) is 12.8 Å². The monoisotopic (exact) mass is 312 g/mol. The fourth-order valence-corrected chi connectivity index (χ4v) is 3.47. The molecule has 19 heavy (non-hydrogen) atoms. The van der Waals surface area contributed by atoms with Crippen molar-refractivity contribution < 1.29 is 17.9 Å². The summed E-state index contributed by atoms with van der Waals surface area (Å²) >= 11 is 5.88. The lowest BCUT2D eigenvalue weighted by molar-refractivity contribution is 0.158. The molecule has 0 aromatic rings. The summed E-state index contributed by atoms with van der Waals surface area (Å²) in [4.78, 5) is 11.1. The lowest BCUT2D eigenvalue weighted by Gasteiger charge is -2.30. The lowest BCUT2D eigenvalue weighted by Crippen LogP contribution is -2.43. The summed E-state index contributed by atoms with van der Waals surface area (Å²) in [5, 5.41) is 0. The zero-order valence-corrected chi connectivity index (χ0v) is 12.6. The fraction of sp³-hybridized carbons (Fsp3) is 0.909. The summed E-state index contributed by atoms with van der Waals surface area (Å²) in [6.07, 6.45) is 3.25. The molecule has 0 saturated heterocycles. The van der Waals surface area contributed by atoms with E-state index in [9.17, 15) is 13.2 Å². The van der Waals surface area contributed by atoms with Crippen LogP contribution in [0.5, 0.6) is 0 Å². The van der Waals surface area contributed by atoms with Gasteiger partial charge in [-0.3, -0.25) is 0 Å². The van der Waals surface area contributed by atoms with Gasteiger partial charge in [-0.15, -0.1) is 11.6 Å². The van der Waals surface area contributed by atoms with Crippen molar-refractivity contribution in [1.82, 2.24) is 9.44 Å². The Morgan fingerprint density at radius 1 is 1.32 bits per heavy atom. The van der Waals surface area contributed by atoms with E-state index in [-0.39, 0.29) is 12.5 Å². The van der Waals surface area contributed by atoms with Crippen molar-refractivity contribution in [3.63, 3.8) is 0 Å². The predicted molar refractivity (Wildman–Crippen MR) is 73.2 cm³/mol. The normalized spacial score (nSPS) is 23.9. The van der Waals surface area contributed by atoms with Gasteiger partial charge in [0.2, 0.25) is 0 Å². The highest BCUT2D eigenvalue weighted by atomic mass is 35.5. The van der Waals surface area contributed by atoms with Crippen LogP contribution in [0.2, 0.25) is 0 Å². The molecule has 1 amide bonds. The Morgan fingerprint density at radius 2 is 1.95 bits per heavy atom. The Bertz CT molecular complexity index is 388. The SMILES string of the molecule is CCOC(=O)NS(=O)(=O)NCC1CCCCC1CCl. The second-order valence-corrected chi connectivity index (χ2v) is 6.44. The molecule has 1 aliphatic rings. The number of amides is 1. The number of halogens is 1. The number of hydrogen-bond acceptors (Lipinski definition) is 4. The molecule has 1 aliphatic carbocycles. The standard InChI is InChI=1S/C11H21ClN2O4S/c1-2-18-11(15)14-19(16,17)13-8-10-6-4-3-5-9(10)7-12/h9-10,13H,2-8H2,1H3,(H,14,15). The van der Waals surface area contributed by atoms with Gasteiger partial charge in [0.05, 0.1) is 6.61 Å². The molecule has 0 bridgehead atoms. The van der Waals surface area contributed by atoms with Crippen LogP contribution in [0, 0.1) is 11.8 Å². The molecule has 1 fully saturated rings. The summed E-state index contributed by atoms with van der Waals surface area (Å²) in [5.74, 6) is 1.10. The molecule has 2 atom stereocenters. The molecule has 1 rings (SSSR count). The maximum Gasteiger partial charge on any atom is 0.421 e. The number of nitrogens with one attached hydrogen (secondary N) is 2. The topological polar surface area (TPSA) is 84.5 Å². The van der Waals surface area contributed by atoms with Gasteiger partial charge >= 0.3 is 16.3 Å². The number of carbonyl (C=O) groups is 1. The van der Waals surface area contributed by atoms with E-state index in [0.29, 0.717) is 18.3 Å². The second-order valence-electron chi connectivity index (χ2n) is 4.63. The van der Waals surface area contributed by atoms with Gasteiger partial charge in [0, 0.05) is 12.4 Å². The van der Waals surface area contributed by atoms with Crippen LogP contribution in [0.15, 0.2) is 0 Å². The third-order valence-electron chi connectivity index (χ3n) is 3.29. The van der Waals surface area contributed by atoms with Crippen LogP contribution in [0.1, 0.15) is 32.6 Å². The Morgan fingerprint density at radius 3 is 2.53 bits per heavy atom. The van der Waals surface area contributed by atoms with Gasteiger partial charge in [0.1, 0.15) is 0 Å². The lowest BCUT2D eigenvalue weighted by atomic mass is 9.80. The number of hydrogen-bond donors (Lipinski definition) is 2. The van der Waals surface area contributed by atoms with E-state index in [1.807, 2.05) is 0 Å². The van der Waals surface area contributed by atoms with Crippen LogP contribution in [-0.4, -0.2) is 33.5 Å². The van der Waals surface area contributed by atoms with E-state index in [0.717, 1.165) is 25.7 Å². The minimum Gasteiger partial charge on any atom is -0.449 e. The van der Waals surface area contributed by atoms with Gasteiger partial charge in [0.25, 0.3) is 0 Å². The molecule has 8 heteroatoms. The van der Waals surface area contributed by atoms with E-state index >= 15 is 0 Å². The average Bonchev–Trinajstić information content (AvgIpc) is 2.36. The molecule has 2 unspecified atom stereocenters. The zero-order chi connectivity index (χ0) is 14.3. The van der Waals surface area contributed by atoms with Crippen LogP contribution >= 0.6 is 11.6 Å². The van der Waals surface area contributed by atoms with E-state index < -0.39 is 16.3 Å². The zero-order valence-electron chi connectivity index (χ0n) is 11.0. The van der Waals surface area contributed by atoms with Gasteiger partial charge in [0.15, 0.2) is 0 Å². The van der Waals surface area contributed by atoms with Crippen LogP contribution in [0.25, 0.3) is 0 Å². The van der Waals surface area contributed by atoms with Crippen molar-refractivity contribution in [2.75, 3.05) is 19.0 Å². The van der Waals surface area contributed by atoms with Gasteiger partial charge in [-0.2, -0.15) is 13.1 Å². The fourth-order valence-electron chi connectivity index (χ4n) is 2.28. The minimum absolute atomic E-state index is 0.123. The molecule has 112 valence electrons. The maximum atomic E-state index is 11.6. The summed E-state index contributed by atoms with van der Waals surface area (Å²) in [6, 6.07) is 0. The van der Waals surface area contributed by atoms with Crippen LogP contribution in [0.3, 0.4) is 0 Å². The number of alkyl halides is 1. The van der Waals surface area contributed by atoms with Crippen molar-refractivity contribution >= 4 is 27.9 Å². The average molecular weight is 313 g/mol. The van der Waals surface area contributed by atoms with Crippen LogP contribution in [0.4, 0.5) is 4.79 Å².